The lowest BCUT2D eigenvalue weighted by Crippen LogP contribution is -2.30. The van der Waals surface area contributed by atoms with E-state index in [1.807, 2.05) is 6.07 Å². The zero-order valence-corrected chi connectivity index (χ0v) is 13.8. The van der Waals surface area contributed by atoms with E-state index >= 15 is 0 Å². The SMILES string of the molecule is CC1(C)Cc2c(ccn2-c2ccc(F)cc2I)C(N)C1. The first-order valence-corrected chi connectivity index (χ1v) is 7.86. The molecular weight excluding hydrogens is 366 g/mol. The van der Waals surface area contributed by atoms with E-state index in [0.717, 1.165) is 22.1 Å². The minimum absolute atomic E-state index is 0.0908. The Morgan fingerprint density at radius 1 is 1.35 bits per heavy atom. The molecule has 1 aromatic heterocycles. The fourth-order valence-electron chi connectivity index (χ4n) is 3.14. The molecule has 1 aromatic carbocycles. The van der Waals surface area contributed by atoms with Crippen LogP contribution in [-0.2, 0) is 6.42 Å². The van der Waals surface area contributed by atoms with Gasteiger partial charge in [-0.2, -0.15) is 0 Å². The molecule has 1 aliphatic rings. The molecule has 0 spiro atoms. The molecule has 2 aromatic rings. The molecule has 0 saturated carbocycles. The fraction of sp³-hybridized carbons (Fsp3) is 0.375. The van der Waals surface area contributed by atoms with Crippen LogP contribution >= 0.6 is 22.6 Å². The van der Waals surface area contributed by atoms with Gasteiger partial charge in [-0.15, -0.1) is 0 Å². The van der Waals surface area contributed by atoms with Gasteiger partial charge in [0.2, 0.25) is 0 Å². The molecule has 0 saturated heterocycles. The summed E-state index contributed by atoms with van der Waals surface area (Å²) in [4.78, 5) is 0. The van der Waals surface area contributed by atoms with Gasteiger partial charge in [0.15, 0.2) is 0 Å². The van der Waals surface area contributed by atoms with Crippen LogP contribution in [0, 0.1) is 14.8 Å². The second-order valence-corrected chi connectivity index (χ2v) is 7.50. The van der Waals surface area contributed by atoms with E-state index in [-0.39, 0.29) is 17.3 Å². The minimum atomic E-state index is -0.198. The Kier molecular flexibility index (Phi) is 3.41. The molecular formula is C16H18FIN2. The van der Waals surface area contributed by atoms with Crippen molar-refractivity contribution in [3.63, 3.8) is 0 Å². The van der Waals surface area contributed by atoms with Gasteiger partial charge in [-0.05, 0) is 70.7 Å². The van der Waals surface area contributed by atoms with E-state index in [2.05, 4.69) is 53.3 Å². The molecule has 0 radical (unpaired) electrons. The fourth-order valence-corrected chi connectivity index (χ4v) is 3.88. The van der Waals surface area contributed by atoms with Crippen molar-refractivity contribution in [2.24, 2.45) is 11.1 Å². The van der Waals surface area contributed by atoms with Crippen molar-refractivity contribution < 1.29 is 4.39 Å². The van der Waals surface area contributed by atoms with E-state index < -0.39 is 0 Å². The molecule has 0 amide bonds. The molecule has 1 unspecified atom stereocenters. The molecule has 1 aliphatic carbocycles. The van der Waals surface area contributed by atoms with E-state index in [4.69, 9.17) is 5.73 Å². The second kappa shape index (κ2) is 4.84. The Morgan fingerprint density at radius 3 is 2.80 bits per heavy atom. The summed E-state index contributed by atoms with van der Waals surface area (Å²) >= 11 is 2.18. The minimum Gasteiger partial charge on any atom is -0.324 e. The maximum Gasteiger partial charge on any atom is 0.124 e. The topological polar surface area (TPSA) is 30.9 Å². The number of halogens is 2. The Balaban J connectivity index is 2.13. The van der Waals surface area contributed by atoms with Crippen molar-refractivity contribution in [2.45, 2.75) is 32.7 Å². The van der Waals surface area contributed by atoms with Crippen LogP contribution < -0.4 is 5.73 Å². The highest BCUT2D eigenvalue weighted by Crippen LogP contribution is 2.41. The molecule has 3 rings (SSSR count). The zero-order chi connectivity index (χ0) is 14.5. The van der Waals surface area contributed by atoms with Crippen molar-refractivity contribution >= 4 is 22.6 Å². The van der Waals surface area contributed by atoms with Gasteiger partial charge in [0, 0.05) is 21.5 Å². The monoisotopic (exact) mass is 384 g/mol. The summed E-state index contributed by atoms with van der Waals surface area (Å²) < 4.78 is 16.4. The maximum absolute atomic E-state index is 13.3. The Hall–Kier alpha value is -0.880. The first-order valence-electron chi connectivity index (χ1n) is 6.78. The first-order chi connectivity index (χ1) is 9.37. The predicted octanol–water partition coefficient (Wildman–Crippen LogP) is 4.19. The third kappa shape index (κ3) is 2.39. The van der Waals surface area contributed by atoms with Crippen molar-refractivity contribution in [1.29, 1.82) is 0 Å². The lowest BCUT2D eigenvalue weighted by atomic mass is 9.74. The van der Waals surface area contributed by atoms with Crippen LogP contribution in [0.2, 0.25) is 0 Å². The summed E-state index contributed by atoms with van der Waals surface area (Å²) in [5, 5.41) is 0. The van der Waals surface area contributed by atoms with Crippen LogP contribution in [0.5, 0.6) is 0 Å². The highest BCUT2D eigenvalue weighted by Gasteiger charge is 2.32. The number of nitrogens with zero attached hydrogens (tertiary/aromatic N) is 1. The van der Waals surface area contributed by atoms with Gasteiger partial charge >= 0.3 is 0 Å². The predicted molar refractivity (Wildman–Crippen MR) is 87.5 cm³/mol. The first kappa shape index (κ1) is 14.1. The standard InChI is InChI=1S/C16H18FIN2/c1-16(2)8-13(19)11-5-6-20(15(11)9-16)14-4-3-10(17)7-12(14)18/h3-7,13H,8-9,19H2,1-2H3. The third-order valence-electron chi connectivity index (χ3n) is 4.01. The van der Waals surface area contributed by atoms with E-state index in [0.29, 0.717) is 0 Å². The zero-order valence-electron chi connectivity index (χ0n) is 11.7. The summed E-state index contributed by atoms with van der Waals surface area (Å²) in [6.45, 7) is 4.51. The van der Waals surface area contributed by atoms with Gasteiger partial charge in [0.05, 0.1) is 5.69 Å². The number of fused-ring (bicyclic) bond motifs is 1. The summed E-state index contributed by atoms with van der Waals surface area (Å²) in [5.41, 5.74) is 10.0. The summed E-state index contributed by atoms with van der Waals surface area (Å²) in [5.74, 6) is -0.198. The number of rotatable bonds is 1. The van der Waals surface area contributed by atoms with Gasteiger partial charge < -0.3 is 10.3 Å². The molecule has 1 heterocycles. The van der Waals surface area contributed by atoms with Crippen molar-refractivity contribution in [3.8, 4) is 5.69 Å². The molecule has 0 fully saturated rings. The van der Waals surface area contributed by atoms with E-state index in [1.54, 1.807) is 6.07 Å². The lowest BCUT2D eigenvalue weighted by molar-refractivity contribution is 0.278. The molecule has 0 aliphatic heterocycles. The van der Waals surface area contributed by atoms with Gasteiger partial charge in [0.25, 0.3) is 0 Å². The molecule has 20 heavy (non-hydrogen) atoms. The Bertz CT molecular complexity index is 660. The summed E-state index contributed by atoms with van der Waals surface area (Å²) in [6.07, 6.45) is 4.06. The molecule has 2 nitrogen and oxygen atoms in total. The average Bonchev–Trinajstić information content (AvgIpc) is 2.71. The molecule has 2 N–H and O–H groups in total. The highest BCUT2D eigenvalue weighted by molar-refractivity contribution is 14.1. The maximum atomic E-state index is 13.3. The Labute approximate surface area is 132 Å². The van der Waals surface area contributed by atoms with Crippen LogP contribution in [0.3, 0.4) is 0 Å². The number of hydrogen-bond acceptors (Lipinski definition) is 1. The molecule has 1 atom stereocenters. The van der Waals surface area contributed by atoms with Gasteiger partial charge in [-0.3, -0.25) is 0 Å². The molecule has 4 heteroatoms. The van der Waals surface area contributed by atoms with Crippen LogP contribution in [0.15, 0.2) is 30.5 Å². The normalized spacial score (nSPS) is 20.8. The van der Waals surface area contributed by atoms with Gasteiger partial charge in [0.1, 0.15) is 5.82 Å². The smallest absolute Gasteiger partial charge is 0.124 e. The van der Waals surface area contributed by atoms with Crippen molar-refractivity contribution in [2.75, 3.05) is 0 Å². The third-order valence-corrected chi connectivity index (χ3v) is 4.88. The van der Waals surface area contributed by atoms with Crippen LogP contribution in [-0.4, -0.2) is 4.57 Å². The van der Waals surface area contributed by atoms with Crippen LogP contribution in [0.25, 0.3) is 5.69 Å². The number of hydrogen-bond donors (Lipinski definition) is 1. The summed E-state index contributed by atoms with van der Waals surface area (Å²) in [7, 11) is 0. The van der Waals surface area contributed by atoms with Crippen molar-refractivity contribution in [3.05, 3.63) is 51.1 Å². The van der Waals surface area contributed by atoms with Crippen molar-refractivity contribution in [1.82, 2.24) is 4.57 Å². The number of nitrogens with two attached hydrogens (primary N) is 1. The average molecular weight is 384 g/mol. The quantitative estimate of drug-likeness (QED) is 0.735. The summed E-state index contributed by atoms with van der Waals surface area (Å²) in [6, 6.07) is 7.11. The Morgan fingerprint density at radius 2 is 2.10 bits per heavy atom. The molecule has 106 valence electrons. The molecule has 0 bridgehead atoms. The second-order valence-electron chi connectivity index (χ2n) is 6.34. The largest absolute Gasteiger partial charge is 0.324 e. The van der Waals surface area contributed by atoms with Gasteiger partial charge in [-0.1, -0.05) is 13.8 Å². The van der Waals surface area contributed by atoms with E-state index in [9.17, 15) is 4.39 Å². The van der Waals surface area contributed by atoms with Crippen LogP contribution in [0.4, 0.5) is 4.39 Å². The van der Waals surface area contributed by atoms with E-state index in [1.165, 1.54) is 17.3 Å². The van der Waals surface area contributed by atoms with Crippen LogP contribution in [0.1, 0.15) is 37.6 Å². The number of aromatic nitrogens is 1. The number of benzene rings is 1. The highest BCUT2D eigenvalue weighted by atomic mass is 127. The van der Waals surface area contributed by atoms with Gasteiger partial charge in [-0.25, -0.2) is 4.39 Å². The lowest BCUT2D eigenvalue weighted by Gasteiger charge is -2.34.